The number of furan rings is 1. The largest absolute Gasteiger partial charge is 0.486 e. The van der Waals surface area contributed by atoms with E-state index in [9.17, 15) is 9.59 Å². The predicted molar refractivity (Wildman–Crippen MR) is 88.4 cm³/mol. The van der Waals surface area contributed by atoms with E-state index in [2.05, 4.69) is 5.32 Å². The quantitative estimate of drug-likeness (QED) is 0.845. The van der Waals surface area contributed by atoms with E-state index in [1.807, 2.05) is 0 Å². The van der Waals surface area contributed by atoms with E-state index < -0.39 is 11.9 Å². The Balaban J connectivity index is 1.74. The van der Waals surface area contributed by atoms with Crippen molar-refractivity contribution in [2.75, 3.05) is 13.2 Å². The van der Waals surface area contributed by atoms with Crippen molar-refractivity contribution in [1.82, 2.24) is 5.32 Å². The number of hydrogen-bond donors (Lipinski definition) is 2. The zero-order chi connectivity index (χ0) is 18.0. The Hall–Kier alpha value is -2.67. The van der Waals surface area contributed by atoms with Gasteiger partial charge in [-0.1, -0.05) is 11.6 Å². The Bertz CT molecular complexity index is 829. The number of carboxylic acid groups (broad SMARTS) is 1. The first-order valence-electron chi connectivity index (χ1n) is 7.60. The number of aryl methyl sites for hydroxylation is 1. The van der Waals surface area contributed by atoms with Gasteiger partial charge >= 0.3 is 5.97 Å². The van der Waals surface area contributed by atoms with Crippen LogP contribution in [-0.4, -0.2) is 30.2 Å². The lowest BCUT2D eigenvalue weighted by Gasteiger charge is -2.20. The van der Waals surface area contributed by atoms with Crippen LogP contribution in [0.25, 0.3) is 0 Å². The Kier molecular flexibility index (Phi) is 4.85. The molecule has 2 N–H and O–H groups in total. The van der Waals surface area contributed by atoms with Crippen LogP contribution in [0.1, 0.15) is 27.2 Å². The summed E-state index contributed by atoms with van der Waals surface area (Å²) >= 11 is 6.17. The molecule has 25 heavy (non-hydrogen) atoms. The Morgan fingerprint density at radius 2 is 2.04 bits per heavy atom. The number of carboxylic acids is 1. The van der Waals surface area contributed by atoms with Crippen LogP contribution in [0.15, 0.2) is 22.8 Å². The molecule has 7 nitrogen and oxygen atoms in total. The summed E-state index contributed by atoms with van der Waals surface area (Å²) in [6.07, 6.45) is 1.01. The van der Waals surface area contributed by atoms with Crippen LogP contribution >= 0.6 is 11.6 Å². The minimum absolute atomic E-state index is 0.128. The molecule has 1 aromatic heterocycles. The number of rotatable bonds is 5. The third-order valence-corrected chi connectivity index (χ3v) is 3.98. The molecule has 1 amide bonds. The summed E-state index contributed by atoms with van der Waals surface area (Å²) in [5.74, 6) is -0.315. The van der Waals surface area contributed by atoms with Gasteiger partial charge in [0.15, 0.2) is 11.5 Å². The third-order valence-electron chi connectivity index (χ3n) is 3.70. The summed E-state index contributed by atoms with van der Waals surface area (Å²) in [6.45, 7) is 2.76. The van der Waals surface area contributed by atoms with Gasteiger partial charge in [-0.05, 0) is 24.6 Å². The van der Waals surface area contributed by atoms with Gasteiger partial charge in [0, 0.05) is 12.1 Å². The molecule has 1 aliphatic heterocycles. The van der Waals surface area contributed by atoms with Crippen molar-refractivity contribution in [3.05, 3.63) is 45.9 Å². The highest BCUT2D eigenvalue weighted by Gasteiger charge is 2.21. The zero-order valence-electron chi connectivity index (χ0n) is 13.4. The molecule has 0 aliphatic carbocycles. The Morgan fingerprint density at radius 1 is 1.28 bits per heavy atom. The number of hydrogen-bond acceptors (Lipinski definition) is 5. The maximum absolute atomic E-state index is 12.4. The second-order valence-corrected chi connectivity index (χ2v) is 5.98. The smallest absolute Gasteiger partial charge is 0.311 e. The van der Waals surface area contributed by atoms with E-state index in [1.165, 1.54) is 6.26 Å². The van der Waals surface area contributed by atoms with Gasteiger partial charge < -0.3 is 24.3 Å². The minimum Gasteiger partial charge on any atom is -0.486 e. The number of halogens is 1. The van der Waals surface area contributed by atoms with E-state index in [-0.39, 0.29) is 24.3 Å². The molecule has 132 valence electrons. The Labute approximate surface area is 148 Å². The maximum Gasteiger partial charge on any atom is 0.311 e. The average molecular weight is 366 g/mol. The lowest BCUT2D eigenvalue weighted by atomic mass is 10.1. The summed E-state index contributed by atoms with van der Waals surface area (Å²) < 4.78 is 16.1. The molecular weight excluding hydrogens is 350 g/mol. The number of carbonyl (C=O) groups is 2. The summed E-state index contributed by atoms with van der Waals surface area (Å²) in [4.78, 5) is 23.3. The molecule has 0 unspecified atom stereocenters. The van der Waals surface area contributed by atoms with Crippen LogP contribution in [0.5, 0.6) is 11.5 Å². The van der Waals surface area contributed by atoms with Crippen molar-refractivity contribution in [2.24, 2.45) is 0 Å². The molecule has 3 rings (SSSR count). The Morgan fingerprint density at radius 3 is 2.80 bits per heavy atom. The molecule has 1 aliphatic rings. The first-order chi connectivity index (χ1) is 12.0. The van der Waals surface area contributed by atoms with E-state index in [0.717, 1.165) is 5.56 Å². The summed E-state index contributed by atoms with van der Waals surface area (Å²) in [5, 5.41) is 12.1. The molecule has 0 saturated heterocycles. The fourth-order valence-corrected chi connectivity index (χ4v) is 2.90. The van der Waals surface area contributed by atoms with Crippen LogP contribution in [0.2, 0.25) is 5.02 Å². The van der Waals surface area contributed by atoms with Gasteiger partial charge in [-0.3, -0.25) is 9.59 Å². The SMILES string of the molecule is Cc1coc(CC(=O)O)c1C(=O)NCc1cc(Cl)c2c(c1)OCCO2. The number of benzene rings is 1. The summed E-state index contributed by atoms with van der Waals surface area (Å²) in [5.41, 5.74) is 1.56. The number of carbonyl (C=O) groups excluding carboxylic acids is 1. The van der Waals surface area contributed by atoms with Gasteiger partial charge in [-0.2, -0.15) is 0 Å². The number of aliphatic carboxylic acids is 1. The molecular formula is C17H16ClNO6. The first-order valence-corrected chi connectivity index (χ1v) is 7.98. The number of fused-ring (bicyclic) bond motifs is 1. The zero-order valence-corrected chi connectivity index (χ0v) is 14.2. The molecule has 0 bridgehead atoms. The summed E-state index contributed by atoms with van der Waals surface area (Å²) in [7, 11) is 0. The van der Waals surface area contributed by atoms with Crippen molar-refractivity contribution < 1.29 is 28.6 Å². The fourth-order valence-electron chi connectivity index (χ4n) is 2.61. The van der Waals surface area contributed by atoms with Crippen molar-refractivity contribution in [1.29, 1.82) is 0 Å². The molecule has 0 spiro atoms. The van der Waals surface area contributed by atoms with Crippen LogP contribution in [0.4, 0.5) is 0 Å². The molecule has 0 atom stereocenters. The number of ether oxygens (including phenoxy) is 2. The highest BCUT2D eigenvalue weighted by Crippen LogP contribution is 2.38. The van der Waals surface area contributed by atoms with E-state index in [1.54, 1.807) is 19.1 Å². The molecule has 8 heteroatoms. The minimum atomic E-state index is -1.07. The van der Waals surface area contributed by atoms with Crippen LogP contribution < -0.4 is 14.8 Å². The van der Waals surface area contributed by atoms with Gasteiger partial charge in [0.2, 0.25) is 0 Å². The van der Waals surface area contributed by atoms with Crippen molar-refractivity contribution in [3.63, 3.8) is 0 Å². The molecule has 2 heterocycles. The van der Waals surface area contributed by atoms with E-state index in [4.69, 9.17) is 30.6 Å². The average Bonchev–Trinajstić information content (AvgIpc) is 2.92. The van der Waals surface area contributed by atoms with Gasteiger partial charge in [0.1, 0.15) is 25.4 Å². The topological polar surface area (TPSA) is 98.0 Å². The van der Waals surface area contributed by atoms with Crippen LogP contribution in [0.3, 0.4) is 0 Å². The second kappa shape index (κ2) is 7.06. The molecule has 2 aromatic rings. The summed E-state index contributed by atoms with van der Waals surface area (Å²) in [6, 6.07) is 3.44. The monoisotopic (exact) mass is 365 g/mol. The normalized spacial score (nSPS) is 12.7. The number of nitrogens with one attached hydrogen (secondary N) is 1. The van der Waals surface area contributed by atoms with Crippen molar-refractivity contribution >= 4 is 23.5 Å². The van der Waals surface area contributed by atoms with Crippen LogP contribution in [-0.2, 0) is 17.8 Å². The lowest BCUT2D eigenvalue weighted by Crippen LogP contribution is -2.25. The van der Waals surface area contributed by atoms with E-state index >= 15 is 0 Å². The lowest BCUT2D eigenvalue weighted by molar-refractivity contribution is -0.136. The van der Waals surface area contributed by atoms with Gasteiger partial charge in [-0.15, -0.1) is 0 Å². The predicted octanol–water partition coefficient (Wildman–Crippen LogP) is 2.57. The fraction of sp³-hybridized carbons (Fsp3) is 0.294. The molecule has 0 fully saturated rings. The van der Waals surface area contributed by atoms with E-state index in [0.29, 0.717) is 35.3 Å². The third kappa shape index (κ3) is 3.71. The molecule has 0 saturated carbocycles. The van der Waals surface area contributed by atoms with Gasteiger partial charge in [0.25, 0.3) is 5.91 Å². The maximum atomic E-state index is 12.4. The van der Waals surface area contributed by atoms with Crippen molar-refractivity contribution in [2.45, 2.75) is 19.9 Å². The number of amides is 1. The highest BCUT2D eigenvalue weighted by atomic mass is 35.5. The second-order valence-electron chi connectivity index (χ2n) is 5.57. The van der Waals surface area contributed by atoms with Crippen molar-refractivity contribution in [3.8, 4) is 11.5 Å². The standard InChI is InChI=1S/C17H16ClNO6/c1-9-8-25-12(6-14(20)21)15(9)17(22)19-7-10-4-11(18)16-13(5-10)23-2-3-24-16/h4-5,8H,2-3,6-7H2,1H3,(H,19,22)(H,20,21). The molecule has 0 radical (unpaired) electrons. The van der Waals surface area contributed by atoms with Crippen LogP contribution in [0, 0.1) is 6.92 Å². The van der Waals surface area contributed by atoms with Gasteiger partial charge in [-0.25, -0.2) is 0 Å². The first kappa shape index (κ1) is 17.2. The highest BCUT2D eigenvalue weighted by molar-refractivity contribution is 6.32. The van der Waals surface area contributed by atoms with Gasteiger partial charge in [0.05, 0.1) is 16.8 Å². The molecule has 1 aromatic carbocycles.